The van der Waals surface area contributed by atoms with Crippen LogP contribution in [-0.4, -0.2) is 124 Å². The topological polar surface area (TPSA) is 246 Å². The molecule has 2 saturated heterocycles. The number of aliphatic hydroxyl groups is 2. The van der Waals surface area contributed by atoms with Gasteiger partial charge in [0.15, 0.2) is 41.9 Å². The van der Waals surface area contributed by atoms with Crippen molar-refractivity contribution in [2.24, 2.45) is 22.7 Å². The van der Waals surface area contributed by atoms with Crippen molar-refractivity contribution in [1.29, 1.82) is 0 Å². The second-order valence-electron chi connectivity index (χ2n) is 19.0. The van der Waals surface area contributed by atoms with Crippen LogP contribution in [0.25, 0.3) is 0 Å². The predicted molar refractivity (Wildman–Crippen MR) is 212 cm³/mol. The van der Waals surface area contributed by atoms with E-state index in [4.69, 9.17) is 37.9 Å². The summed E-state index contributed by atoms with van der Waals surface area (Å²) in [5.74, 6) is -6.73. The van der Waals surface area contributed by atoms with Gasteiger partial charge in [0.1, 0.15) is 11.7 Å². The molecule has 2 heterocycles. The van der Waals surface area contributed by atoms with Crippen LogP contribution < -0.4 is 5.32 Å². The van der Waals surface area contributed by atoms with Crippen molar-refractivity contribution < 1.29 is 81.7 Å². The summed E-state index contributed by atoms with van der Waals surface area (Å²) in [6, 6.07) is 6.47. The number of esters is 4. The number of ether oxygens (including phenoxy) is 8. The van der Waals surface area contributed by atoms with Crippen LogP contribution in [0.1, 0.15) is 99.4 Å². The van der Waals surface area contributed by atoms with Crippen LogP contribution in [0.2, 0.25) is 0 Å². The zero-order valence-corrected chi connectivity index (χ0v) is 36.8. The summed E-state index contributed by atoms with van der Waals surface area (Å²) in [7, 11) is 0. The molecule has 1 amide bonds. The molecule has 5 aliphatic rings. The van der Waals surface area contributed by atoms with E-state index in [2.05, 4.69) is 5.32 Å². The van der Waals surface area contributed by atoms with Gasteiger partial charge in [0.05, 0.1) is 35.6 Å². The first-order chi connectivity index (χ1) is 28.7. The van der Waals surface area contributed by atoms with Gasteiger partial charge in [0.25, 0.3) is 0 Å². The number of amides is 1. The number of hydrogen-bond acceptors (Lipinski definition) is 17. The second kappa shape index (κ2) is 16.2. The lowest BCUT2D eigenvalue weighted by atomic mass is 9.44. The molecule has 3 N–H and O–H groups in total. The first-order valence-corrected chi connectivity index (χ1v) is 20.7. The van der Waals surface area contributed by atoms with E-state index >= 15 is 4.79 Å². The van der Waals surface area contributed by atoms with Gasteiger partial charge in [-0.1, -0.05) is 45.9 Å². The highest BCUT2D eigenvalue weighted by Crippen LogP contribution is 2.67. The number of nitrogens with one attached hydrogen (secondary N) is 1. The molecule has 6 rings (SSSR count). The maximum Gasteiger partial charge on any atom is 0.509 e. The van der Waals surface area contributed by atoms with Crippen molar-refractivity contribution in [2.75, 3.05) is 6.61 Å². The molecule has 2 bridgehead atoms. The Bertz CT molecular complexity index is 2040. The van der Waals surface area contributed by atoms with Gasteiger partial charge in [-0.25, -0.2) is 19.2 Å². The van der Waals surface area contributed by atoms with Crippen LogP contribution in [0.3, 0.4) is 0 Å². The second-order valence-corrected chi connectivity index (χ2v) is 19.0. The van der Waals surface area contributed by atoms with Gasteiger partial charge in [-0.3, -0.25) is 14.4 Å². The summed E-state index contributed by atoms with van der Waals surface area (Å²) in [6.45, 7) is 16.2. The Hall–Kier alpha value is -5.07. The number of carbonyl (C=O) groups excluding carboxylic acids is 7. The molecule has 3 aliphatic carbocycles. The van der Waals surface area contributed by atoms with Crippen molar-refractivity contribution in [3.05, 3.63) is 47.0 Å². The number of fused-ring (bicyclic) bond motifs is 4. The quantitative estimate of drug-likeness (QED) is 0.173. The molecule has 18 nitrogen and oxygen atoms in total. The monoisotopic (exact) mass is 871 g/mol. The molecule has 4 fully saturated rings. The lowest BCUT2D eigenvalue weighted by molar-refractivity contribution is -0.345. The summed E-state index contributed by atoms with van der Waals surface area (Å²) in [5.41, 5.74) is -8.99. The van der Waals surface area contributed by atoms with Gasteiger partial charge in [0, 0.05) is 25.7 Å². The number of rotatable bonds is 10. The van der Waals surface area contributed by atoms with E-state index in [1.807, 2.05) is 0 Å². The van der Waals surface area contributed by atoms with Crippen LogP contribution in [0, 0.1) is 22.7 Å². The molecule has 18 heteroatoms. The standard InChI is InChI=1S/C44H57NO17/c1-20(2)17-25(45-38(53)61-40(6,7)8)29(49)37(52)57-30-21(3)28-31(56-22(4)46)33(50)42(11)26(48)18-27-43(19-55-27,60-23(5)47)32(42)35(58-36(51)24-15-13-12-14-16-24)44(41(28,9)10)34(30)59-39(54)62-44/h12-16,20,25-27,29-32,34-35,48-49H,17-19H2,1-11H3,(H,45,53)/t25-,26-,27+,29+,30+,31+,32-,34-,35-,42+,43?,44+/m0/s1. The number of hydrogen-bond donors (Lipinski definition) is 3. The van der Waals surface area contributed by atoms with Crippen LogP contribution in [-0.2, 0) is 57.1 Å². The SMILES string of the molecule is CC(=O)O[C@H]1C(=O)[C@@]2(C)[C@H]([C@H](OC(=O)c3ccccc3)[C@]34OC(=O)O[C@H]3[C@H](OC(=O)[C@H](O)[C@H](CC(C)C)NC(=O)OC(C)(C)C)C(C)=C1C4(C)C)C1(OC(C)=O)CO[C@@H]1C[C@@H]2O. The van der Waals surface area contributed by atoms with Gasteiger partial charge in [-0.15, -0.1) is 0 Å². The third-order valence-electron chi connectivity index (χ3n) is 12.9. The molecule has 62 heavy (non-hydrogen) atoms. The van der Waals surface area contributed by atoms with E-state index in [1.54, 1.807) is 66.7 Å². The van der Waals surface area contributed by atoms with Crippen molar-refractivity contribution in [2.45, 2.75) is 155 Å². The third-order valence-corrected chi connectivity index (χ3v) is 12.9. The van der Waals surface area contributed by atoms with E-state index in [0.717, 1.165) is 13.8 Å². The molecular weight excluding hydrogens is 814 g/mol. The first-order valence-electron chi connectivity index (χ1n) is 20.7. The Kier molecular flexibility index (Phi) is 12.2. The number of ketones is 1. The number of benzene rings is 1. The molecule has 2 saturated carbocycles. The minimum Gasteiger partial charge on any atom is -0.454 e. The average molecular weight is 872 g/mol. The normalized spacial score (nSPS) is 34.2. The first kappa shape index (κ1) is 46.4. The molecule has 340 valence electrons. The minimum atomic E-state index is -2.36. The molecule has 1 aromatic rings. The highest BCUT2D eigenvalue weighted by Gasteiger charge is 2.83. The summed E-state index contributed by atoms with van der Waals surface area (Å²) in [5, 5.41) is 26.3. The summed E-state index contributed by atoms with van der Waals surface area (Å²) >= 11 is 0. The number of Topliss-reactive ketones (excluding diaryl/α,β-unsaturated/α-hetero) is 1. The molecule has 1 unspecified atom stereocenters. The Balaban J connectivity index is 1.61. The molecule has 0 aromatic heterocycles. The van der Waals surface area contributed by atoms with Gasteiger partial charge in [0.2, 0.25) is 5.60 Å². The maximum atomic E-state index is 15.6. The zero-order chi connectivity index (χ0) is 46.1. The molecule has 2 aliphatic heterocycles. The van der Waals surface area contributed by atoms with Crippen molar-refractivity contribution in [1.82, 2.24) is 5.32 Å². The predicted octanol–water partition coefficient (Wildman–Crippen LogP) is 3.66. The van der Waals surface area contributed by atoms with Crippen LogP contribution in [0.4, 0.5) is 9.59 Å². The minimum absolute atomic E-state index is 0.0261. The Morgan fingerprint density at radius 1 is 0.968 bits per heavy atom. The Labute approximate surface area is 359 Å². The highest BCUT2D eigenvalue weighted by atomic mass is 16.8. The van der Waals surface area contributed by atoms with Gasteiger partial charge in [-0.05, 0) is 70.2 Å². The third kappa shape index (κ3) is 7.61. The van der Waals surface area contributed by atoms with Gasteiger partial charge in [-0.2, -0.15) is 0 Å². The van der Waals surface area contributed by atoms with E-state index in [1.165, 1.54) is 26.0 Å². The van der Waals surface area contributed by atoms with E-state index in [-0.39, 0.29) is 42.1 Å². The smallest absolute Gasteiger partial charge is 0.454 e. The van der Waals surface area contributed by atoms with Gasteiger partial charge < -0.3 is 53.4 Å². The zero-order valence-electron chi connectivity index (χ0n) is 36.8. The lowest BCUT2D eigenvalue weighted by Gasteiger charge is -2.67. The number of aliphatic hydroxyl groups excluding tert-OH is 2. The van der Waals surface area contributed by atoms with E-state index < -0.39 is 124 Å². The molecule has 1 spiro atoms. The molecular formula is C44H57NO17. The van der Waals surface area contributed by atoms with Crippen molar-refractivity contribution >= 4 is 41.9 Å². The fourth-order valence-corrected chi connectivity index (χ4v) is 10.4. The molecule has 0 radical (unpaired) electrons. The summed E-state index contributed by atoms with van der Waals surface area (Å²) in [6.07, 6.45) is -14.5. The number of alkyl carbamates (subject to hydrolysis) is 1. The van der Waals surface area contributed by atoms with E-state index in [0.29, 0.717) is 0 Å². The Morgan fingerprint density at radius 3 is 2.16 bits per heavy atom. The Morgan fingerprint density at radius 2 is 1.61 bits per heavy atom. The fourth-order valence-electron chi connectivity index (χ4n) is 10.4. The average Bonchev–Trinajstić information content (AvgIpc) is 3.52. The van der Waals surface area contributed by atoms with Crippen molar-refractivity contribution in [3.8, 4) is 0 Å². The van der Waals surface area contributed by atoms with Crippen molar-refractivity contribution in [3.63, 3.8) is 0 Å². The van der Waals surface area contributed by atoms with E-state index in [9.17, 15) is 39.0 Å². The van der Waals surface area contributed by atoms with Crippen LogP contribution >= 0.6 is 0 Å². The lowest BCUT2D eigenvalue weighted by Crippen LogP contribution is -2.83. The maximum absolute atomic E-state index is 15.6. The summed E-state index contributed by atoms with van der Waals surface area (Å²) < 4.78 is 48.1. The van der Waals surface area contributed by atoms with Crippen LogP contribution in [0.5, 0.6) is 0 Å². The van der Waals surface area contributed by atoms with Gasteiger partial charge >= 0.3 is 36.1 Å². The fraction of sp³-hybridized carbons (Fsp3) is 0.659. The highest BCUT2D eigenvalue weighted by molar-refractivity contribution is 5.96. The molecule has 12 atom stereocenters. The summed E-state index contributed by atoms with van der Waals surface area (Å²) in [4.78, 5) is 97.3. The largest absolute Gasteiger partial charge is 0.509 e. The van der Waals surface area contributed by atoms with Crippen LogP contribution in [0.15, 0.2) is 41.5 Å². The number of carbonyl (C=O) groups is 7. The molecule has 1 aromatic carbocycles.